The molecule has 0 fully saturated rings. The Morgan fingerprint density at radius 1 is 1.40 bits per heavy atom. The highest BCUT2D eigenvalue weighted by Crippen LogP contribution is 2.15. The molecule has 2 N–H and O–H groups in total. The van der Waals surface area contributed by atoms with Crippen molar-refractivity contribution in [1.29, 1.82) is 0 Å². The largest absolute Gasteiger partial charge is 0.335 e. The van der Waals surface area contributed by atoms with Crippen molar-refractivity contribution in [2.75, 3.05) is 0 Å². The van der Waals surface area contributed by atoms with Gasteiger partial charge in [-0.1, -0.05) is 37.1 Å². The molecule has 1 amide bonds. The highest BCUT2D eigenvalue weighted by molar-refractivity contribution is 6.30. The van der Waals surface area contributed by atoms with E-state index in [9.17, 15) is 4.79 Å². The quantitative estimate of drug-likeness (QED) is 0.870. The van der Waals surface area contributed by atoms with E-state index in [1.807, 2.05) is 49.9 Å². The van der Waals surface area contributed by atoms with Crippen molar-refractivity contribution < 1.29 is 4.79 Å². The van der Waals surface area contributed by atoms with Gasteiger partial charge in [0.25, 0.3) is 0 Å². The molecule has 0 aliphatic rings. The third-order valence-corrected chi connectivity index (χ3v) is 3.30. The number of carbonyl (C=O) groups excluding carboxylic acids is 1. The Hall–Kier alpha value is -0.770. The molecular formula is C15H24Cl2N2O. The lowest BCUT2D eigenvalue weighted by atomic mass is 10.1. The van der Waals surface area contributed by atoms with E-state index < -0.39 is 6.04 Å². The molecule has 114 valence electrons. The minimum absolute atomic E-state index is 0. The molecule has 0 heterocycles. The SMILES string of the molecule is CCCC(N)C(=O)N(Cc1cccc(Cl)c1)C(C)C.Cl. The highest BCUT2D eigenvalue weighted by Gasteiger charge is 2.22. The lowest BCUT2D eigenvalue weighted by Gasteiger charge is -2.29. The fraction of sp³-hybridized carbons (Fsp3) is 0.533. The predicted molar refractivity (Wildman–Crippen MR) is 87.3 cm³/mol. The van der Waals surface area contributed by atoms with Crippen molar-refractivity contribution in [2.45, 2.75) is 52.2 Å². The van der Waals surface area contributed by atoms with Crippen LogP contribution in [-0.2, 0) is 11.3 Å². The summed E-state index contributed by atoms with van der Waals surface area (Å²) < 4.78 is 0. The van der Waals surface area contributed by atoms with Gasteiger partial charge in [0, 0.05) is 17.6 Å². The Balaban J connectivity index is 0.00000361. The summed E-state index contributed by atoms with van der Waals surface area (Å²) in [6.45, 7) is 6.58. The molecule has 1 atom stereocenters. The van der Waals surface area contributed by atoms with Crippen LogP contribution < -0.4 is 5.73 Å². The van der Waals surface area contributed by atoms with Crippen molar-refractivity contribution in [3.63, 3.8) is 0 Å². The van der Waals surface area contributed by atoms with Gasteiger partial charge in [0.05, 0.1) is 6.04 Å². The van der Waals surface area contributed by atoms with Gasteiger partial charge in [-0.05, 0) is 38.0 Å². The molecule has 20 heavy (non-hydrogen) atoms. The zero-order chi connectivity index (χ0) is 14.4. The molecule has 5 heteroatoms. The topological polar surface area (TPSA) is 46.3 Å². The first kappa shape index (κ1) is 19.2. The van der Waals surface area contributed by atoms with Crippen molar-refractivity contribution in [2.24, 2.45) is 5.73 Å². The average Bonchev–Trinajstić information content (AvgIpc) is 2.35. The molecule has 0 radical (unpaired) electrons. The highest BCUT2D eigenvalue weighted by atomic mass is 35.5. The lowest BCUT2D eigenvalue weighted by molar-refractivity contribution is -0.135. The van der Waals surface area contributed by atoms with Crippen LogP contribution in [0.15, 0.2) is 24.3 Å². The molecular weight excluding hydrogens is 295 g/mol. The number of nitrogens with two attached hydrogens (primary N) is 1. The first-order valence-electron chi connectivity index (χ1n) is 6.76. The second kappa shape index (κ2) is 9.22. The van der Waals surface area contributed by atoms with Crippen molar-refractivity contribution in [3.05, 3.63) is 34.9 Å². The summed E-state index contributed by atoms with van der Waals surface area (Å²) in [7, 11) is 0. The molecule has 0 aromatic heterocycles. The molecule has 1 aromatic carbocycles. The van der Waals surface area contributed by atoms with E-state index in [4.69, 9.17) is 17.3 Å². The number of hydrogen-bond donors (Lipinski definition) is 1. The van der Waals surface area contributed by atoms with Crippen LogP contribution in [0.3, 0.4) is 0 Å². The monoisotopic (exact) mass is 318 g/mol. The summed E-state index contributed by atoms with van der Waals surface area (Å²) in [4.78, 5) is 14.1. The maximum Gasteiger partial charge on any atom is 0.240 e. The summed E-state index contributed by atoms with van der Waals surface area (Å²) in [5, 5.41) is 0.687. The third kappa shape index (κ3) is 5.70. The number of rotatable bonds is 6. The summed E-state index contributed by atoms with van der Waals surface area (Å²) >= 11 is 5.97. The van der Waals surface area contributed by atoms with E-state index in [1.165, 1.54) is 0 Å². The average molecular weight is 319 g/mol. The summed E-state index contributed by atoms with van der Waals surface area (Å²) in [6, 6.07) is 7.29. The number of nitrogens with zero attached hydrogens (tertiary/aromatic N) is 1. The fourth-order valence-corrected chi connectivity index (χ4v) is 2.21. The minimum Gasteiger partial charge on any atom is -0.335 e. The van der Waals surface area contributed by atoms with Gasteiger partial charge < -0.3 is 10.6 Å². The van der Waals surface area contributed by atoms with Crippen molar-refractivity contribution in [1.82, 2.24) is 4.90 Å². The lowest BCUT2D eigenvalue weighted by Crippen LogP contribution is -2.46. The molecule has 0 bridgehead atoms. The first-order chi connectivity index (χ1) is 8.95. The maximum atomic E-state index is 12.3. The Bertz CT molecular complexity index is 424. The van der Waals surface area contributed by atoms with E-state index in [0.717, 1.165) is 18.4 Å². The Morgan fingerprint density at radius 2 is 2.05 bits per heavy atom. The third-order valence-electron chi connectivity index (χ3n) is 3.07. The first-order valence-corrected chi connectivity index (χ1v) is 7.14. The van der Waals surface area contributed by atoms with Crippen LogP contribution in [0.25, 0.3) is 0 Å². The molecule has 0 saturated heterocycles. The van der Waals surface area contributed by atoms with Gasteiger partial charge in [-0.15, -0.1) is 12.4 Å². The summed E-state index contributed by atoms with van der Waals surface area (Å²) in [5.41, 5.74) is 6.96. The summed E-state index contributed by atoms with van der Waals surface area (Å²) in [6.07, 6.45) is 1.63. The second-order valence-corrected chi connectivity index (χ2v) is 5.52. The van der Waals surface area contributed by atoms with Crippen LogP contribution in [0, 0.1) is 0 Å². The second-order valence-electron chi connectivity index (χ2n) is 5.08. The van der Waals surface area contributed by atoms with E-state index in [1.54, 1.807) is 0 Å². The van der Waals surface area contributed by atoms with Crippen LogP contribution in [0.1, 0.15) is 39.2 Å². The maximum absolute atomic E-state index is 12.3. The van der Waals surface area contributed by atoms with Gasteiger partial charge in [-0.3, -0.25) is 4.79 Å². The van der Waals surface area contributed by atoms with Crippen LogP contribution in [0.5, 0.6) is 0 Å². The van der Waals surface area contributed by atoms with Gasteiger partial charge in [0.2, 0.25) is 5.91 Å². The normalized spacial score (nSPS) is 11.9. The molecule has 0 saturated carbocycles. The Labute approximate surface area is 132 Å². The van der Waals surface area contributed by atoms with Crippen molar-refractivity contribution in [3.8, 4) is 0 Å². The smallest absolute Gasteiger partial charge is 0.240 e. The predicted octanol–water partition coefficient (Wildman–Crippen LogP) is 3.63. The van der Waals surface area contributed by atoms with E-state index in [0.29, 0.717) is 11.6 Å². The van der Waals surface area contributed by atoms with E-state index in [2.05, 4.69) is 0 Å². The van der Waals surface area contributed by atoms with Gasteiger partial charge in [0.15, 0.2) is 0 Å². The minimum atomic E-state index is -0.411. The van der Waals surface area contributed by atoms with Crippen LogP contribution >= 0.6 is 24.0 Å². The Kier molecular flexibility index (Phi) is 8.86. The number of amides is 1. The Morgan fingerprint density at radius 3 is 2.55 bits per heavy atom. The molecule has 1 unspecified atom stereocenters. The molecule has 0 spiro atoms. The van der Waals surface area contributed by atoms with E-state index >= 15 is 0 Å². The molecule has 0 aliphatic carbocycles. The number of halogens is 2. The van der Waals surface area contributed by atoms with Crippen LogP contribution in [0.4, 0.5) is 0 Å². The zero-order valence-electron chi connectivity index (χ0n) is 12.3. The number of hydrogen-bond acceptors (Lipinski definition) is 2. The number of benzene rings is 1. The van der Waals surface area contributed by atoms with Gasteiger partial charge in [0.1, 0.15) is 0 Å². The standard InChI is InChI=1S/C15H23ClN2O.ClH/c1-4-6-14(17)15(19)18(11(2)3)10-12-7-5-8-13(16)9-12;/h5,7-9,11,14H,4,6,10,17H2,1-3H3;1H. The number of carbonyl (C=O) groups is 1. The van der Waals surface area contributed by atoms with Crippen molar-refractivity contribution >= 4 is 29.9 Å². The van der Waals surface area contributed by atoms with Crippen LogP contribution in [-0.4, -0.2) is 22.9 Å². The van der Waals surface area contributed by atoms with Crippen LogP contribution in [0.2, 0.25) is 5.02 Å². The zero-order valence-corrected chi connectivity index (χ0v) is 13.9. The molecule has 1 aromatic rings. The summed E-state index contributed by atoms with van der Waals surface area (Å²) in [5.74, 6) is 0.0109. The molecule has 1 rings (SSSR count). The molecule has 3 nitrogen and oxygen atoms in total. The van der Waals surface area contributed by atoms with Gasteiger partial charge in [-0.25, -0.2) is 0 Å². The van der Waals surface area contributed by atoms with Gasteiger partial charge in [-0.2, -0.15) is 0 Å². The van der Waals surface area contributed by atoms with Gasteiger partial charge >= 0.3 is 0 Å². The fourth-order valence-electron chi connectivity index (χ4n) is 1.99. The molecule has 0 aliphatic heterocycles. The van der Waals surface area contributed by atoms with E-state index in [-0.39, 0.29) is 24.4 Å².